The molecule has 1 aromatic carbocycles. The lowest BCUT2D eigenvalue weighted by atomic mass is 10.2. The molecule has 3 nitrogen and oxygen atoms in total. The summed E-state index contributed by atoms with van der Waals surface area (Å²) in [5.74, 6) is 1.38. The van der Waals surface area contributed by atoms with E-state index in [9.17, 15) is 0 Å². The number of alkyl halides is 1. The second kappa shape index (κ2) is 8.39. The molecule has 0 aliphatic rings. The second-order valence-electron chi connectivity index (χ2n) is 3.20. The summed E-state index contributed by atoms with van der Waals surface area (Å²) in [7, 11) is 1.65. The van der Waals surface area contributed by atoms with Crippen molar-refractivity contribution in [1.82, 2.24) is 0 Å². The lowest BCUT2D eigenvalue weighted by Gasteiger charge is -2.05. The first kappa shape index (κ1) is 13.3. The van der Waals surface area contributed by atoms with Crippen molar-refractivity contribution < 1.29 is 14.2 Å². The molecule has 0 bridgehead atoms. The van der Waals surface area contributed by atoms with Crippen LogP contribution in [0.15, 0.2) is 24.3 Å². The Morgan fingerprint density at radius 3 is 2.31 bits per heavy atom. The summed E-state index contributed by atoms with van der Waals surface area (Å²) < 4.78 is 15.7. The van der Waals surface area contributed by atoms with E-state index in [-0.39, 0.29) is 0 Å². The zero-order valence-electron chi connectivity index (χ0n) is 9.45. The van der Waals surface area contributed by atoms with Crippen molar-refractivity contribution in [2.24, 2.45) is 0 Å². The van der Waals surface area contributed by atoms with Gasteiger partial charge < -0.3 is 14.2 Å². The molecule has 90 valence electrons. The van der Waals surface area contributed by atoms with E-state index in [4.69, 9.17) is 25.8 Å². The summed E-state index contributed by atoms with van der Waals surface area (Å²) in [6.07, 6.45) is 0. The average Bonchev–Trinajstić information content (AvgIpc) is 2.34. The van der Waals surface area contributed by atoms with Crippen LogP contribution < -0.4 is 4.74 Å². The van der Waals surface area contributed by atoms with E-state index >= 15 is 0 Å². The first-order valence-electron chi connectivity index (χ1n) is 5.21. The van der Waals surface area contributed by atoms with Crippen molar-refractivity contribution in [2.45, 2.75) is 6.61 Å². The second-order valence-corrected chi connectivity index (χ2v) is 3.58. The van der Waals surface area contributed by atoms with Gasteiger partial charge in [-0.3, -0.25) is 0 Å². The molecule has 0 N–H and O–H groups in total. The molecule has 0 heterocycles. The molecular formula is C12H17ClO3. The van der Waals surface area contributed by atoms with Crippen LogP contribution in [0.2, 0.25) is 0 Å². The molecule has 0 saturated carbocycles. The lowest BCUT2D eigenvalue weighted by Crippen LogP contribution is -2.05. The molecule has 1 aromatic rings. The van der Waals surface area contributed by atoms with E-state index in [1.54, 1.807) is 7.11 Å². The quantitative estimate of drug-likeness (QED) is 0.519. The monoisotopic (exact) mass is 244 g/mol. The van der Waals surface area contributed by atoms with Crippen molar-refractivity contribution in [2.75, 3.05) is 32.8 Å². The fraction of sp³-hybridized carbons (Fsp3) is 0.500. The number of halogens is 1. The van der Waals surface area contributed by atoms with Gasteiger partial charge in [0, 0.05) is 5.88 Å². The van der Waals surface area contributed by atoms with Gasteiger partial charge >= 0.3 is 0 Å². The highest BCUT2D eigenvalue weighted by Gasteiger charge is 1.95. The van der Waals surface area contributed by atoms with Gasteiger partial charge in [-0.25, -0.2) is 0 Å². The average molecular weight is 245 g/mol. The minimum Gasteiger partial charge on any atom is -0.497 e. The maximum atomic E-state index is 5.46. The van der Waals surface area contributed by atoms with Crippen LogP contribution in [0, 0.1) is 0 Å². The SMILES string of the molecule is COc1ccc(COCCOCCCl)cc1. The van der Waals surface area contributed by atoms with Gasteiger partial charge in [0.2, 0.25) is 0 Å². The normalized spacial score (nSPS) is 10.4. The van der Waals surface area contributed by atoms with Crippen LogP contribution in [0.4, 0.5) is 0 Å². The molecule has 0 spiro atoms. The van der Waals surface area contributed by atoms with E-state index in [0.717, 1.165) is 11.3 Å². The van der Waals surface area contributed by atoms with Gasteiger partial charge in [0.1, 0.15) is 5.75 Å². The van der Waals surface area contributed by atoms with E-state index < -0.39 is 0 Å². The van der Waals surface area contributed by atoms with Gasteiger partial charge in [-0.05, 0) is 17.7 Å². The molecule has 16 heavy (non-hydrogen) atoms. The lowest BCUT2D eigenvalue weighted by molar-refractivity contribution is 0.0459. The van der Waals surface area contributed by atoms with Crippen molar-refractivity contribution >= 4 is 11.6 Å². The molecule has 0 fully saturated rings. The summed E-state index contributed by atoms with van der Waals surface area (Å²) >= 11 is 5.46. The largest absolute Gasteiger partial charge is 0.497 e. The highest BCUT2D eigenvalue weighted by molar-refractivity contribution is 6.17. The Kier molecular flexibility index (Phi) is 6.97. The Balaban J connectivity index is 2.12. The van der Waals surface area contributed by atoms with Crippen LogP contribution in [0.3, 0.4) is 0 Å². The van der Waals surface area contributed by atoms with Gasteiger partial charge in [0.25, 0.3) is 0 Å². The van der Waals surface area contributed by atoms with Crippen LogP contribution in [0.25, 0.3) is 0 Å². The molecule has 0 aliphatic heterocycles. The van der Waals surface area contributed by atoms with Crippen LogP contribution >= 0.6 is 11.6 Å². The van der Waals surface area contributed by atoms with Gasteiger partial charge in [0.05, 0.1) is 33.5 Å². The first-order chi connectivity index (χ1) is 7.86. The number of hydrogen-bond donors (Lipinski definition) is 0. The smallest absolute Gasteiger partial charge is 0.118 e. The summed E-state index contributed by atoms with van der Waals surface area (Å²) in [6, 6.07) is 7.81. The first-order valence-corrected chi connectivity index (χ1v) is 5.74. The maximum absolute atomic E-state index is 5.46. The van der Waals surface area contributed by atoms with E-state index in [1.165, 1.54) is 0 Å². The number of methoxy groups -OCH3 is 1. The molecule has 4 heteroatoms. The Hall–Kier alpha value is -0.770. The van der Waals surface area contributed by atoms with Crippen LogP contribution in [-0.2, 0) is 16.1 Å². The summed E-state index contributed by atoms with van der Waals surface area (Å²) in [5.41, 5.74) is 1.12. The summed E-state index contributed by atoms with van der Waals surface area (Å²) in [5, 5.41) is 0. The Bertz CT molecular complexity index is 274. The Labute approximate surface area is 101 Å². The van der Waals surface area contributed by atoms with Crippen LogP contribution in [-0.4, -0.2) is 32.8 Å². The third-order valence-corrected chi connectivity index (χ3v) is 2.18. The van der Waals surface area contributed by atoms with Gasteiger partial charge in [-0.15, -0.1) is 11.6 Å². The predicted molar refractivity (Wildman–Crippen MR) is 64.2 cm³/mol. The Morgan fingerprint density at radius 2 is 1.69 bits per heavy atom. The van der Waals surface area contributed by atoms with Crippen molar-refractivity contribution in [3.63, 3.8) is 0 Å². The molecule has 0 unspecified atom stereocenters. The topological polar surface area (TPSA) is 27.7 Å². The highest BCUT2D eigenvalue weighted by atomic mass is 35.5. The summed E-state index contributed by atoms with van der Waals surface area (Å²) in [4.78, 5) is 0. The van der Waals surface area contributed by atoms with E-state index in [0.29, 0.717) is 32.3 Å². The van der Waals surface area contributed by atoms with Gasteiger partial charge in [0.15, 0.2) is 0 Å². The zero-order valence-corrected chi connectivity index (χ0v) is 10.2. The molecule has 0 amide bonds. The molecule has 0 saturated heterocycles. The fourth-order valence-electron chi connectivity index (χ4n) is 1.19. The van der Waals surface area contributed by atoms with Gasteiger partial charge in [-0.1, -0.05) is 12.1 Å². The van der Waals surface area contributed by atoms with Crippen LogP contribution in [0.5, 0.6) is 5.75 Å². The predicted octanol–water partition coefficient (Wildman–Crippen LogP) is 2.47. The molecule has 0 aliphatic carbocycles. The third-order valence-electron chi connectivity index (χ3n) is 2.02. The van der Waals surface area contributed by atoms with Crippen molar-refractivity contribution in [3.8, 4) is 5.75 Å². The van der Waals surface area contributed by atoms with E-state index in [2.05, 4.69) is 0 Å². The standard InChI is InChI=1S/C12H17ClO3/c1-14-12-4-2-11(3-5-12)10-16-9-8-15-7-6-13/h2-5H,6-10H2,1H3. The molecule has 0 aromatic heterocycles. The number of rotatable bonds is 8. The molecule has 0 radical (unpaired) electrons. The van der Waals surface area contributed by atoms with E-state index in [1.807, 2.05) is 24.3 Å². The number of benzene rings is 1. The maximum Gasteiger partial charge on any atom is 0.118 e. The zero-order chi connectivity index (χ0) is 11.6. The highest BCUT2D eigenvalue weighted by Crippen LogP contribution is 2.11. The molecule has 1 rings (SSSR count). The number of ether oxygens (including phenoxy) is 3. The third kappa shape index (κ3) is 5.35. The fourth-order valence-corrected chi connectivity index (χ4v) is 1.30. The van der Waals surface area contributed by atoms with Crippen molar-refractivity contribution in [1.29, 1.82) is 0 Å². The van der Waals surface area contributed by atoms with Gasteiger partial charge in [-0.2, -0.15) is 0 Å². The molecule has 0 atom stereocenters. The van der Waals surface area contributed by atoms with Crippen LogP contribution in [0.1, 0.15) is 5.56 Å². The number of hydrogen-bond acceptors (Lipinski definition) is 3. The van der Waals surface area contributed by atoms with Crippen molar-refractivity contribution in [3.05, 3.63) is 29.8 Å². The minimum absolute atomic E-state index is 0.526. The molecular weight excluding hydrogens is 228 g/mol. The Morgan fingerprint density at radius 1 is 1.00 bits per heavy atom. The minimum atomic E-state index is 0.526. The summed E-state index contributed by atoms with van der Waals surface area (Å²) in [6.45, 7) is 2.34.